The third-order valence-electron chi connectivity index (χ3n) is 4.70. The van der Waals surface area contributed by atoms with E-state index in [0.717, 1.165) is 43.4 Å². The Balaban J connectivity index is 0.00000312. The minimum Gasteiger partial charge on any atom is -0.494 e. The molecule has 3 N–H and O–H groups in total. The van der Waals surface area contributed by atoms with Crippen LogP contribution in [0.15, 0.2) is 24.3 Å². The van der Waals surface area contributed by atoms with Crippen molar-refractivity contribution in [3.63, 3.8) is 0 Å². The lowest BCUT2D eigenvalue weighted by Gasteiger charge is -2.29. The van der Waals surface area contributed by atoms with E-state index in [4.69, 9.17) is 10.5 Å². The summed E-state index contributed by atoms with van der Waals surface area (Å²) in [5.74, 6) is 1.54. The van der Waals surface area contributed by atoms with Crippen LogP contribution >= 0.6 is 12.4 Å². The minimum absolute atomic E-state index is 0. The molecule has 1 fully saturated rings. The third kappa shape index (κ3) is 6.52. The summed E-state index contributed by atoms with van der Waals surface area (Å²) in [5, 5.41) is 3.28. The SMILES string of the molecule is CCOc1ccccc1C(CC(C)C)NC(=O)C1CCCC(N)C1.Cl. The molecule has 25 heavy (non-hydrogen) atoms. The van der Waals surface area contributed by atoms with Crippen LogP contribution in [-0.4, -0.2) is 18.6 Å². The predicted molar refractivity (Wildman–Crippen MR) is 105 cm³/mol. The molecule has 3 atom stereocenters. The number of ether oxygens (including phenoxy) is 1. The number of amides is 1. The monoisotopic (exact) mass is 368 g/mol. The van der Waals surface area contributed by atoms with Gasteiger partial charge < -0.3 is 15.8 Å². The number of halogens is 1. The summed E-state index contributed by atoms with van der Waals surface area (Å²) in [7, 11) is 0. The molecule has 5 heteroatoms. The highest BCUT2D eigenvalue weighted by Crippen LogP contribution is 2.31. The molecule has 0 radical (unpaired) electrons. The lowest BCUT2D eigenvalue weighted by molar-refractivity contribution is -0.127. The summed E-state index contributed by atoms with van der Waals surface area (Å²) in [6, 6.07) is 8.17. The average molecular weight is 369 g/mol. The van der Waals surface area contributed by atoms with E-state index in [2.05, 4.69) is 25.2 Å². The molecule has 0 aromatic heterocycles. The van der Waals surface area contributed by atoms with Crippen molar-refractivity contribution in [2.24, 2.45) is 17.6 Å². The smallest absolute Gasteiger partial charge is 0.223 e. The van der Waals surface area contributed by atoms with E-state index in [0.29, 0.717) is 12.5 Å². The van der Waals surface area contributed by atoms with Gasteiger partial charge in [-0.25, -0.2) is 0 Å². The van der Waals surface area contributed by atoms with Gasteiger partial charge in [-0.3, -0.25) is 4.79 Å². The number of para-hydroxylation sites is 1. The third-order valence-corrected chi connectivity index (χ3v) is 4.70. The van der Waals surface area contributed by atoms with Crippen LogP contribution in [0.4, 0.5) is 0 Å². The fraction of sp³-hybridized carbons (Fsp3) is 0.650. The van der Waals surface area contributed by atoms with Crippen molar-refractivity contribution in [1.29, 1.82) is 0 Å². The van der Waals surface area contributed by atoms with Crippen molar-refractivity contribution in [3.05, 3.63) is 29.8 Å². The molecule has 0 aliphatic heterocycles. The van der Waals surface area contributed by atoms with Crippen LogP contribution in [0, 0.1) is 11.8 Å². The van der Waals surface area contributed by atoms with E-state index in [1.54, 1.807) is 0 Å². The molecule has 0 heterocycles. The molecule has 4 nitrogen and oxygen atoms in total. The summed E-state index contributed by atoms with van der Waals surface area (Å²) in [4.78, 5) is 12.8. The van der Waals surface area contributed by atoms with Crippen LogP contribution in [-0.2, 0) is 4.79 Å². The van der Waals surface area contributed by atoms with Gasteiger partial charge in [-0.2, -0.15) is 0 Å². The van der Waals surface area contributed by atoms with Crippen LogP contribution in [0.5, 0.6) is 5.75 Å². The summed E-state index contributed by atoms with van der Waals surface area (Å²) in [6.45, 7) is 6.96. The first kappa shape index (κ1) is 21.8. The van der Waals surface area contributed by atoms with Gasteiger partial charge in [0.2, 0.25) is 5.91 Å². The molecule has 0 saturated heterocycles. The molecule has 2 rings (SSSR count). The van der Waals surface area contributed by atoms with Crippen molar-refractivity contribution in [1.82, 2.24) is 5.32 Å². The quantitative estimate of drug-likeness (QED) is 0.756. The van der Waals surface area contributed by atoms with E-state index in [-0.39, 0.29) is 36.3 Å². The molecule has 1 amide bonds. The highest BCUT2D eigenvalue weighted by atomic mass is 35.5. The molecular formula is C20H33ClN2O2. The molecule has 142 valence electrons. The Morgan fingerprint density at radius 1 is 1.32 bits per heavy atom. The highest BCUT2D eigenvalue weighted by molar-refractivity contribution is 5.85. The van der Waals surface area contributed by atoms with Gasteiger partial charge in [0.15, 0.2) is 0 Å². The van der Waals surface area contributed by atoms with Crippen LogP contribution in [0.1, 0.15) is 64.5 Å². The normalized spacial score (nSPS) is 21.3. The number of benzene rings is 1. The van der Waals surface area contributed by atoms with Crippen molar-refractivity contribution in [2.45, 2.75) is 65.0 Å². The van der Waals surface area contributed by atoms with E-state index in [9.17, 15) is 4.79 Å². The number of nitrogens with two attached hydrogens (primary N) is 1. The molecule has 0 bridgehead atoms. The van der Waals surface area contributed by atoms with Gasteiger partial charge in [-0.1, -0.05) is 38.5 Å². The van der Waals surface area contributed by atoms with Crippen LogP contribution in [0.25, 0.3) is 0 Å². The van der Waals surface area contributed by atoms with Crippen LogP contribution in [0.2, 0.25) is 0 Å². The largest absolute Gasteiger partial charge is 0.494 e. The highest BCUT2D eigenvalue weighted by Gasteiger charge is 2.28. The van der Waals surface area contributed by atoms with Gasteiger partial charge in [0, 0.05) is 17.5 Å². The summed E-state index contributed by atoms with van der Waals surface area (Å²) >= 11 is 0. The Morgan fingerprint density at radius 3 is 2.68 bits per heavy atom. The topological polar surface area (TPSA) is 64.3 Å². The maximum absolute atomic E-state index is 12.8. The van der Waals surface area contributed by atoms with Crippen molar-refractivity contribution in [2.75, 3.05) is 6.61 Å². The Hall–Kier alpha value is -1.26. The molecule has 1 aliphatic rings. The lowest BCUT2D eigenvalue weighted by Crippen LogP contribution is -2.39. The zero-order valence-electron chi connectivity index (χ0n) is 15.7. The van der Waals surface area contributed by atoms with Gasteiger partial charge in [0.25, 0.3) is 0 Å². The van der Waals surface area contributed by atoms with E-state index >= 15 is 0 Å². The number of carbonyl (C=O) groups excluding carboxylic acids is 1. The van der Waals surface area contributed by atoms with Gasteiger partial charge in [0.1, 0.15) is 5.75 Å². The average Bonchev–Trinajstić information content (AvgIpc) is 2.54. The van der Waals surface area contributed by atoms with Crippen molar-refractivity contribution in [3.8, 4) is 5.75 Å². The van der Waals surface area contributed by atoms with Crippen LogP contribution in [0.3, 0.4) is 0 Å². The van der Waals surface area contributed by atoms with Gasteiger partial charge >= 0.3 is 0 Å². The maximum Gasteiger partial charge on any atom is 0.223 e. The number of carbonyl (C=O) groups is 1. The molecule has 1 aliphatic carbocycles. The molecule has 1 aromatic rings. The van der Waals surface area contributed by atoms with Gasteiger partial charge in [0.05, 0.1) is 12.6 Å². The fourth-order valence-corrected chi connectivity index (χ4v) is 3.55. The summed E-state index contributed by atoms with van der Waals surface area (Å²) in [5.41, 5.74) is 7.12. The fourth-order valence-electron chi connectivity index (χ4n) is 3.55. The van der Waals surface area contributed by atoms with E-state index in [1.165, 1.54) is 0 Å². The molecule has 3 unspecified atom stereocenters. The van der Waals surface area contributed by atoms with Crippen molar-refractivity contribution < 1.29 is 9.53 Å². The van der Waals surface area contributed by atoms with E-state index in [1.807, 2.05) is 25.1 Å². The second-order valence-electron chi connectivity index (χ2n) is 7.29. The Morgan fingerprint density at radius 2 is 2.04 bits per heavy atom. The molecule has 1 aromatic carbocycles. The first-order chi connectivity index (χ1) is 11.5. The Bertz CT molecular complexity index is 536. The zero-order chi connectivity index (χ0) is 17.5. The molecular weight excluding hydrogens is 336 g/mol. The number of rotatable bonds is 7. The van der Waals surface area contributed by atoms with Crippen LogP contribution < -0.4 is 15.8 Å². The predicted octanol–water partition coefficient (Wildman–Crippen LogP) is 4.23. The second kappa shape index (κ2) is 10.7. The second-order valence-corrected chi connectivity index (χ2v) is 7.29. The van der Waals surface area contributed by atoms with Gasteiger partial charge in [-0.05, 0) is 44.6 Å². The van der Waals surface area contributed by atoms with Crippen molar-refractivity contribution >= 4 is 18.3 Å². The maximum atomic E-state index is 12.8. The number of nitrogens with one attached hydrogen (secondary N) is 1. The first-order valence-corrected chi connectivity index (χ1v) is 9.28. The summed E-state index contributed by atoms with van der Waals surface area (Å²) in [6.07, 6.45) is 4.72. The Labute approximate surface area is 158 Å². The van der Waals surface area contributed by atoms with E-state index < -0.39 is 0 Å². The molecule has 0 spiro atoms. The lowest BCUT2D eigenvalue weighted by atomic mass is 9.85. The minimum atomic E-state index is -0.0154. The standard InChI is InChI=1S/C20H32N2O2.ClH/c1-4-24-19-11-6-5-10-17(19)18(12-14(2)3)22-20(23)15-8-7-9-16(21)13-15;/h5-6,10-11,14-16,18H,4,7-9,12-13,21H2,1-3H3,(H,22,23);1H. The first-order valence-electron chi connectivity index (χ1n) is 9.28. The Kier molecular flexibility index (Phi) is 9.30. The summed E-state index contributed by atoms with van der Waals surface area (Å²) < 4.78 is 5.77. The zero-order valence-corrected chi connectivity index (χ0v) is 16.5. The molecule has 1 saturated carbocycles. The number of hydrogen-bond donors (Lipinski definition) is 2. The number of hydrogen-bond acceptors (Lipinski definition) is 3. The van der Waals surface area contributed by atoms with Gasteiger partial charge in [-0.15, -0.1) is 12.4 Å².